The van der Waals surface area contributed by atoms with Crippen LogP contribution in [0.1, 0.15) is 47.2 Å². The zero-order chi connectivity index (χ0) is 14.2. The third-order valence-corrected chi connectivity index (χ3v) is 5.75. The predicted octanol–water partition coefficient (Wildman–Crippen LogP) is 3.47. The first-order valence-corrected chi connectivity index (χ1v) is 8.66. The molecule has 0 bridgehead atoms. The third-order valence-electron chi connectivity index (χ3n) is 4.60. The van der Waals surface area contributed by atoms with E-state index >= 15 is 0 Å². The Morgan fingerprint density at radius 1 is 1.14 bits per heavy atom. The lowest BCUT2D eigenvalue weighted by molar-refractivity contribution is 0.775. The van der Waals surface area contributed by atoms with Gasteiger partial charge in [-0.25, -0.2) is 4.98 Å². The molecule has 1 aromatic heterocycles. The summed E-state index contributed by atoms with van der Waals surface area (Å²) in [6.07, 6.45) is 3.81. The maximum absolute atomic E-state index is 5.90. The van der Waals surface area contributed by atoms with Crippen molar-refractivity contribution >= 4 is 16.5 Å². The lowest BCUT2D eigenvalue weighted by Crippen LogP contribution is -2.18. The Morgan fingerprint density at radius 3 is 2.67 bits per heavy atom. The summed E-state index contributed by atoms with van der Waals surface area (Å²) in [7, 11) is 0. The third kappa shape index (κ3) is 2.58. The van der Waals surface area contributed by atoms with Gasteiger partial charge < -0.3 is 10.6 Å². The molecule has 2 N–H and O–H groups in total. The van der Waals surface area contributed by atoms with Crippen LogP contribution in [-0.2, 0) is 6.54 Å². The molecule has 2 aliphatic rings. The predicted molar refractivity (Wildman–Crippen MR) is 88.0 cm³/mol. The Kier molecular flexibility index (Phi) is 3.43. The summed E-state index contributed by atoms with van der Waals surface area (Å²) < 4.78 is 0. The van der Waals surface area contributed by atoms with Gasteiger partial charge in [-0.2, -0.15) is 0 Å². The van der Waals surface area contributed by atoms with Gasteiger partial charge in [0.05, 0.1) is 5.69 Å². The number of aromatic nitrogens is 1. The molecular weight excluding hydrogens is 278 g/mol. The van der Waals surface area contributed by atoms with Crippen molar-refractivity contribution in [2.24, 2.45) is 5.73 Å². The van der Waals surface area contributed by atoms with E-state index in [0.717, 1.165) is 13.1 Å². The van der Waals surface area contributed by atoms with Crippen molar-refractivity contribution in [3.05, 3.63) is 46.5 Å². The molecule has 0 amide bonds. The van der Waals surface area contributed by atoms with Crippen molar-refractivity contribution in [3.63, 3.8) is 0 Å². The van der Waals surface area contributed by atoms with Crippen LogP contribution in [-0.4, -0.2) is 18.1 Å². The van der Waals surface area contributed by atoms with Gasteiger partial charge in [0.1, 0.15) is 0 Å². The van der Waals surface area contributed by atoms with Crippen molar-refractivity contribution < 1.29 is 0 Å². The monoisotopic (exact) mass is 299 g/mol. The largest absolute Gasteiger partial charge is 0.347 e. The Morgan fingerprint density at radius 2 is 1.95 bits per heavy atom. The smallest absolute Gasteiger partial charge is 0.185 e. The summed E-state index contributed by atoms with van der Waals surface area (Å²) in [5.41, 5.74) is 8.65. The van der Waals surface area contributed by atoms with Gasteiger partial charge in [-0.05, 0) is 24.8 Å². The molecule has 2 fully saturated rings. The van der Waals surface area contributed by atoms with Crippen LogP contribution in [0, 0.1) is 0 Å². The molecule has 0 spiro atoms. The van der Waals surface area contributed by atoms with E-state index in [9.17, 15) is 0 Å². The summed E-state index contributed by atoms with van der Waals surface area (Å²) in [5.74, 6) is 1.34. The first-order chi connectivity index (χ1) is 10.3. The summed E-state index contributed by atoms with van der Waals surface area (Å²) in [4.78, 5) is 8.67. The summed E-state index contributed by atoms with van der Waals surface area (Å²) in [6.45, 7) is 2.84. The topological polar surface area (TPSA) is 42.1 Å². The van der Waals surface area contributed by atoms with Crippen LogP contribution in [0.5, 0.6) is 0 Å². The molecule has 2 aromatic rings. The molecular formula is C17H21N3S. The number of anilines is 1. The molecule has 3 nitrogen and oxygen atoms in total. The van der Waals surface area contributed by atoms with E-state index in [4.69, 9.17) is 10.7 Å². The van der Waals surface area contributed by atoms with Crippen LogP contribution in [0.4, 0.5) is 5.13 Å². The molecule has 1 aliphatic carbocycles. The zero-order valence-corrected chi connectivity index (χ0v) is 13.0. The van der Waals surface area contributed by atoms with Crippen LogP contribution in [0.15, 0.2) is 30.3 Å². The van der Waals surface area contributed by atoms with E-state index in [0.29, 0.717) is 18.4 Å². The van der Waals surface area contributed by atoms with Crippen LogP contribution in [0.3, 0.4) is 0 Å². The first-order valence-electron chi connectivity index (χ1n) is 7.84. The van der Waals surface area contributed by atoms with E-state index in [2.05, 4.69) is 35.2 Å². The van der Waals surface area contributed by atoms with Crippen molar-refractivity contribution in [2.75, 3.05) is 18.0 Å². The van der Waals surface area contributed by atoms with Crippen molar-refractivity contribution in [1.29, 1.82) is 0 Å². The Bertz CT molecular complexity index is 618. The Balaban J connectivity index is 1.53. The number of thiazole rings is 1. The van der Waals surface area contributed by atoms with Gasteiger partial charge in [0.2, 0.25) is 0 Å². The maximum Gasteiger partial charge on any atom is 0.185 e. The van der Waals surface area contributed by atoms with Gasteiger partial charge in [0, 0.05) is 36.3 Å². The number of nitrogens with two attached hydrogens (primary N) is 1. The molecule has 0 radical (unpaired) electrons. The normalized spacial score (nSPS) is 22.0. The van der Waals surface area contributed by atoms with E-state index in [1.54, 1.807) is 0 Å². The maximum atomic E-state index is 5.90. The highest BCUT2D eigenvalue weighted by atomic mass is 32.1. The minimum Gasteiger partial charge on any atom is -0.347 e. The minimum absolute atomic E-state index is 0.638. The summed E-state index contributed by atoms with van der Waals surface area (Å²) >= 11 is 1.81. The molecule has 2 heterocycles. The van der Waals surface area contributed by atoms with Gasteiger partial charge in [-0.3, -0.25) is 0 Å². The fraction of sp³-hybridized carbons (Fsp3) is 0.471. The van der Waals surface area contributed by atoms with Crippen LogP contribution < -0.4 is 10.6 Å². The van der Waals surface area contributed by atoms with Gasteiger partial charge >= 0.3 is 0 Å². The average molecular weight is 299 g/mol. The molecule has 1 atom stereocenters. The van der Waals surface area contributed by atoms with E-state index in [-0.39, 0.29) is 0 Å². The second kappa shape index (κ2) is 5.43. The van der Waals surface area contributed by atoms with Crippen LogP contribution in [0.25, 0.3) is 0 Å². The van der Waals surface area contributed by atoms with Gasteiger partial charge in [0.15, 0.2) is 5.13 Å². The van der Waals surface area contributed by atoms with Gasteiger partial charge in [0.25, 0.3) is 0 Å². The van der Waals surface area contributed by atoms with Crippen LogP contribution >= 0.6 is 11.3 Å². The second-order valence-electron chi connectivity index (χ2n) is 6.13. The van der Waals surface area contributed by atoms with E-state index in [1.807, 2.05) is 11.3 Å². The Labute approximate surface area is 129 Å². The molecule has 4 heteroatoms. The highest BCUT2D eigenvalue weighted by Crippen LogP contribution is 2.44. The number of nitrogens with zero attached hydrogens (tertiary/aromatic N) is 2. The van der Waals surface area contributed by atoms with E-state index in [1.165, 1.54) is 40.5 Å². The SMILES string of the molecule is NCc1sc(N2CCC(c3ccccc3)C2)nc1C1CC1. The Hall–Kier alpha value is -1.39. The van der Waals surface area contributed by atoms with E-state index < -0.39 is 0 Å². The second-order valence-corrected chi connectivity index (χ2v) is 7.19. The molecule has 4 rings (SSSR count). The zero-order valence-electron chi connectivity index (χ0n) is 12.2. The van der Waals surface area contributed by atoms with Crippen molar-refractivity contribution in [1.82, 2.24) is 4.98 Å². The van der Waals surface area contributed by atoms with Gasteiger partial charge in [-0.1, -0.05) is 30.3 Å². The first kappa shape index (κ1) is 13.3. The van der Waals surface area contributed by atoms with Crippen molar-refractivity contribution in [2.45, 2.75) is 37.6 Å². The number of hydrogen-bond acceptors (Lipinski definition) is 4. The molecule has 21 heavy (non-hydrogen) atoms. The summed E-state index contributed by atoms with van der Waals surface area (Å²) in [5, 5.41) is 1.19. The quantitative estimate of drug-likeness (QED) is 0.940. The van der Waals surface area contributed by atoms with Crippen LogP contribution in [0.2, 0.25) is 0 Å². The molecule has 110 valence electrons. The van der Waals surface area contributed by atoms with Gasteiger partial charge in [-0.15, -0.1) is 11.3 Å². The lowest BCUT2D eigenvalue weighted by atomic mass is 9.99. The summed E-state index contributed by atoms with van der Waals surface area (Å²) in [6, 6.07) is 10.9. The lowest BCUT2D eigenvalue weighted by Gasteiger charge is -2.15. The molecule has 1 unspecified atom stereocenters. The molecule has 1 saturated carbocycles. The number of benzene rings is 1. The molecule has 1 saturated heterocycles. The average Bonchev–Trinajstić information content (AvgIpc) is 3.11. The fourth-order valence-corrected chi connectivity index (χ4v) is 4.30. The standard InChI is InChI=1S/C17H21N3S/c18-10-15-16(13-6-7-13)19-17(21-15)20-9-8-14(11-20)12-4-2-1-3-5-12/h1-5,13-14H,6-11,18H2. The molecule has 1 aliphatic heterocycles. The minimum atomic E-state index is 0.638. The highest BCUT2D eigenvalue weighted by molar-refractivity contribution is 7.15. The number of hydrogen-bond donors (Lipinski definition) is 1. The number of rotatable bonds is 4. The molecule has 1 aromatic carbocycles. The van der Waals surface area contributed by atoms with Crippen molar-refractivity contribution in [3.8, 4) is 0 Å². The fourth-order valence-electron chi connectivity index (χ4n) is 3.24. The highest BCUT2D eigenvalue weighted by Gasteiger charge is 2.32.